The molecule has 5 heteroatoms. The van der Waals surface area contributed by atoms with Crippen LogP contribution in [0, 0.1) is 6.92 Å². The molecular weight excluding hydrogens is 270 g/mol. The van der Waals surface area contributed by atoms with Gasteiger partial charge in [-0.15, -0.1) is 0 Å². The highest BCUT2D eigenvalue weighted by Gasteiger charge is 2.15. The number of nitrogens with one attached hydrogen (secondary N) is 1. The number of ether oxygens (including phenoxy) is 1. The summed E-state index contributed by atoms with van der Waals surface area (Å²) in [6, 6.07) is 5.19. The Kier molecular flexibility index (Phi) is 5.52. The number of carbonyl (C=O) groups excluding carboxylic acids is 1. The van der Waals surface area contributed by atoms with Crippen LogP contribution in [0.3, 0.4) is 0 Å². The van der Waals surface area contributed by atoms with Crippen molar-refractivity contribution in [1.29, 1.82) is 0 Å². The van der Waals surface area contributed by atoms with E-state index in [9.17, 15) is 9.59 Å². The lowest BCUT2D eigenvalue weighted by Crippen LogP contribution is -2.32. The van der Waals surface area contributed by atoms with Gasteiger partial charge in [0.25, 0.3) is 0 Å². The van der Waals surface area contributed by atoms with Gasteiger partial charge in [0.2, 0.25) is 0 Å². The fourth-order valence-corrected chi connectivity index (χ4v) is 1.64. The molecule has 0 unspecified atom stereocenters. The maximum absolute atomic E-state index is 11.4. The number of alkyl carbamates (subject to hydrolysis) is 1. The number of rotatable bonds is 4. The zero-order valence-electron chi connectivity index (χ0n) is 12.8. The highest BCUT2D eigenvalue weighted by atomic mass is 16.6. The number of aromatic carboxylic acids is 1. The van der Waals surface area contributed by atoms with Crippen molar-refractivity contribution in [3.63, 3.8) is 0 Å². The van der Waals surface area contributed by atoms with Crippen molar-refractivity contribution in [2.75, 3.05) is 6.54 Å². The Labute approximate surface area is 124 Å². The van der Waals surface area contributed by atoms with Crippen LogP contribution in [0.4, 0.5) is 4.79 Å². The number of amides is 1. The molecule has 0 atom stereocenters. The number of hydrogen-bond donors (Lipinski definition) is 2. The second-order valence-corrected chi connectivity index (χ2v) is 5.68. The van der Waals surface area contributed by atoms with Gasteiger partial charge in [0.15, 0.2) is 0 Å². The lowest BCUT2D eigenvalue weighted by atomic mass is 10.0. The lowest BCUT2D eigenvalue weighted by Gasteiger charge is -2.19. The van der Waals surface area contributed by atoms with E-state index in [4.69, 9.17) is 9.84 Å². The van der Waals surface area contributed by atoms with Gasteiger partial charge in [0.05, 0.1) is 5.56 Å². The Morgan fingerprint density at radius 3 is 2.57 bits per heavy atom. The molecular formula is C16H21NO4. The van der Waals surface area contributed by atoms with Crippen LogP contribution >= 0.6 is 0 Å². The molecule has 2 N–H and O–H groups in total. The minimum absolute atomic E-state index is 0.239. The van der Waals surface area contributed by atoms with E-state index in [1.807, 2.05) is 13.0 Å². The van der Waals surface area contributed by atoms with Gasteiger partial charge in [-0.3, -0.25) is 0 Å². The standard InChI is InChI=1S/C16H21NO4/c1-11-7-8-12(13(10-11)14(18)19)6-5-9-17-15(20)21-16(2,3)4/h5-8,10H,9H2,1-4H3,(H,17,20)(H,18,19). The van der Waals surface area contributed by atoms with Gasteiger partial charge in [-0.25, -0.2) is 9.59 Å². The van der Waals surface area contributed by atoms with Gasteiger partial charge >= 0.3 is 12.1 Å². The van der Waals surface area contributed by atoms with Crippen LogP contribution in [0.5, 0.6) is 0 Å². The third kappa shape index (κ3) is 6.12. The minimum atomic E-state index is -0.974. The maximum atomic E-state index is 11.4. The van der Waals surface area contributed by atoms with Crippen molar-refractivity contribution in [2.45, 2.75) is 33.3 Å². The van der Waals surface area contributed by atoms with Crippen LogP contribution < -0.4 is 5.32 Å². The summed E-state index contributed by atoms with van der Waals surface area (Å²) < 4.78 is 5.09. The van der Waals surface area contributed by atoms with Crippen LogP contribution in [0.25, 0.3) is 6.08 Å². The summed E-state index contributed by atoms with van der Waals surface area (Å²) in [4.78, 5) is 22.6. The topological polar surface area (TPSA) is 75.6 Å². The lowest BCUT2D eigenvalue weighted by molar-refractivity contribution is 0.0533. The van der Waals surface area contributed by atoms with E-state index in [2.05, 4.69) is 5.32 Å². The van der Waals surface area contributed by atoms with Crippen molar-refractivity contribution in [3.05, 3.63) is 41.0 Å². The molecule has 1 amide bonds. The van der Waals surface area contributed by atoms with Gasteiger partial charge < -0.3 is 15.2 Å². The van der Waals surface area contributed by atoms with Crippen molar-refractivity contribution < 1.29 is 19.4 Å². The number of hydrogen-bond acceptors (Lipinski definition) is 3. The summed E-state index contributed by atoms with van der Waals surface area (Å²) in [5, 5.41) is 11.7. The first-order valence-electron chi connectivity index (χ1n) is 6.66. The van der Waals surface area contributed by atoms with Gasteiger partial charge in [-0.1, -0.05) is 29.8 Å². The number of carboxylic acid groups (broad SMARTS) is 1. The summed E-state index contributed by atoms with van der Waals surface area (Å²) in [6.45, 7) is 7.46. The predicted octanol–water partition coefficient (Wildman–Crippen LogP) is 3.23. The minimum Gasteiger partial charge on any atom is -0.478 e. The highest BCUT2D eigenvalue weighted by Crippen LogP contribution is 2.13. The van der Waals surface area contributed by atoms with Gasteiger partial charge in [0.1, 0.15) is 5.60 Å². The molecule has 0 saturated carbocycles. The molecule has 0 spiro atoms. The van der Waals surface area contributed by atoms with Crippen molar-refractivity contribution in [3.8, 4) is 0 Å². The number of carboxylic acids is 1. The first kappa shape index (κ1) is 16.8. The fraction of sp³-hybridized carbons (Fsp3) is 0.375. The van der Waals surface area contributed by atoms with E-state index in [0.717, 1.165) is 5.56 Å². The molecule has 114 valence electrons. The van der Waals surface area contributed by atoms with Gasteiger partial charge in [-0.05, 0) is 39.3 Å². The predicted molar refractivity (Wildman–Crippen MR) is 81.4 cm³/mol. The molecule has 1 rings (SSSR count). The fourth-order valence-electron chi connectivity index (χ4n) is 1.64. The van der Waals surface area contributed by atoms with E-state index in [-0.39, 0.29) is 12.1 Å². The summed E-state index contributed by atoms with van der Waals surface area (Å²) in [6.07, 6.45) is 2.84. The average Bonchev–Trinajstić information content (AvgIpc) is 2.33. The van der Waals surface area contributed by atoms with Gasteiger partial charge in [0, 0.05) is 6.54 Å². The monoisotopic (exact) mass is 291 g/mol. The largest absolute Gasteiger partial charge is 0.478 e. The smallest absolute Gasteiger partial charge is 0.407 e. The van der Waals surface area contributed by atoms with E-state index in [1.54, 1.807) is 45.1 Å². The maximum Gasteiger partial charge on any atom is 0.407 e. The second-order valence-electron chi connectivity index (χ2n) is 5.68. The van der Waals surface area contributed by atoms with E-state index < -0.39 is 17.7 Å². The third-order valence-corrected chi connectivity index (χ3v) is 2.50. The second kappa shape index (κ2) is 6.92. The zero-order chi connectivity index (χ0) is 16.0. The van der Waals surface area contributed by atoms with Crippen molar-refractivity contribution in [1.82, 2.24) is 5.32 Å². The van der Waals surface area contributed by atoms with E-state index in [1.165, 1.54) is 0 Å². The first-order valence-corrected chi connectivity index (χ1v) is 6.66. The summed E-state index contributed by atoms with van der Waals surface area (Å²) in [5.74, 6) is -0.974. The molecule has 0 aliphatic rings. The van der Waals surface area contributed by atoms with Crippen LogP contribution in [0.15, 0.2) is 24.3 Å². The zero-order valence-corrected chi connectivity index (χ0v) is 12.8. The molecule has 0 bridgehead atoms. The number of aryl methyl sites for hydroxylation is 1. The molecule has 5 nitrogen and oxygen atoms in total. The Morgan fingerprint density at radius 2 is 2.00 bits per heavy atom. The first-order chi connectivity index (χ1) is 9.69. The molecule has 0 aliphatic heterocycles. The number of benzene rings is 1. The van der Waals surface area contributed by atoms with Crippen molar-refractivity contribution in [2.24, 2.45) is 0 Å². The molecule has 0 heterocycles. The Morgan fingerprint density at radius 1 is 1.33 bits per heavy atom. The van der Waals surface area contributed by atoms with E-state index >= 15 is 0 Å². The summed E-state index contributed by atoms with van der Waals surface area (Å²) in [5.41, 5.74) is 1.18. The van der Waals surface area contributed by atoms with Gasteiger partial charge in [-0.2, -0.15) is 0 Å². The third-order valence-electron chi connectivity index (χ3n) is 2.50. The molecule has 0 fully saturated rings. The van der Waals surface area contributed by atoms with Crippen molar-refractivity contribution >= 4 is 18.1 Å². The summed E-state index contributed by atoms with van der Waals surface area (Å²) in [7, 11) is 0. The van der Waals surface area contributed by atoms with Crippen LogP contribution in [0.2, 0.25) is 0 Å². The van der Waals surface area contributed by atoms with Crippen LogP contribution in [0.1, 0.15) is 42.3 Å². The molecule has 0 aliphatic carbocycles. The molecule has 1 aromatic carbocycles. The molecule has 0 radical (unpaired) electrons. The average molecular weight is 291 g/mol. The Hall–Kier alpha value is -2.30. The molecule has 0 saturated heterocycles. The quantitative estimate of drug-likeness (QED) is 0.893. The van der Waals surface area contributed by atoms with E-state index in [0.29, 0.717) is 5.56 Å². The number of carbonyl (C=O) groups is 2. The SMILES string of the molecule is Cc1ccc(C=CCNC(=O)OC(C)(C)C)c(C(=O)O)c1. The molecule has 1 aromatic rings. The highest BCUT2D eigenvalue weighted by molar-refractivity contribution is 5.92. The molecule has 21 heavy (non-hydrogen) atoms. The van der Waals surface area contributed by atoms with Crippen LogP contribution in [-0.4, -0.2) is 29.3 Å². The molecule has 0 aromatic heterocycles. The normalized spacial score (nSPS) is 11.4. The van der Waals surface area contributed by atoms with Crippen LogP contribution in [-0.2, 0) is 4.74 Å². The Balaban J connectivity index is 2.62. The Bertz CT molecular complexity index is 556. The summed E-state index contributed by atoms with van der Waals surface area (Å²) >= 11 is 0.